The van der Waals surface area contributed by atoms with Crippen LogP contribution in [0.4, 0.5) is 5.95 Å². The summed E-state index contributed by atoms with van der Waals surface area (Å²) in [6, 6.07) is 5.29. The molecule has 0 aliphatic carbocycles. The lowest BCUT2D eigenvalue weighted by molar-refractivity contribution is 0.414. The monoisotopic (exact) mass is 324 g/mol. The van der Waals surface area contributed by atoms with E-state index in [-0.39, 0.29) is 5.95 Å². The number of hydrogen-bond donors (Lipinski definition) is 1. The Kier molecular flexibility index (Phi) is 4.55. The summed E-state index contributed by atoms with van der Waals surface area (Å²) in [7, 11) is 5.70. The maximum Gasteiger partial charge on any atom is 0.246 e. The van der Waals surface area contributed by atoms with E-state index in [1.54, 1.807) is 62.8 Å². The Labute approximate surface area is 130 Å². The number of ether oxygens (including phenoxy) is 1. The third-order valence-corrected chi connectivity index (χ3v) is 6.56. The summed E-state index contributed by atoms with van der Waals surface area (Å²) in [5, 5.41) is 4.73. The molecule has 120 valence electrons. The number of hydrogen-bond acceptors (Lipinski definition) is 5. The van der Waals surface area contributed by atoms with E-state index in [1.807, 2.05) is 0 Å². The van der Waals surface area contributed by atoms with Crippen LogP contribution in [-0.4, -0.2) is 59.4 Å². The van der Waals surface area contributed by atoms with E-state index in [4.69, 9.17) is 10.5 Å². The molecule has 1 aromatic carbocycles. The van der Waals surface area contributed by atoms with Gasteiger partial charge in [0.1, 0.15) is 12.1 Å². The van der Waals surface area contributed by atoms with Gasteiger partial charge in [-0.05, 0) is 40.3 Å². The number of nitrogens with two attached hydrogens (primary N) is 1. The first-order valence-electron chi connectivity index (χ1n) is 6.62. The Morgan fingerprint density at radius 3 is 2.32 bits per heavy atom. The number of benzene rings is 1. The van der Waals surface area contributed by atoms with Crippen molar-refractivity contribution in [3.05, 3.63) is 24.5 Å². The molecule has 0 atom stereocenters. The minimum atomic E-state index is -2.98. The summed E-state index contributed by atoms with van der Waals surface area (Å²) in [6.45, 7) is 0. The van der Waals surface area contributed by atoms with E-state index in [0.29, 0.717) is 16.7 Å². The van der Waals surface area contributed by atoms with E-state index in [9.17, 15) is 4.57 Å². The van der Waals surface area contributed by atoms with Crippen LogP contribution in [0.2, 0.25) is 0 Å². The van der Waals surface area contributed by atoms with Crippen molar-refractivity contribution in [2.45, 2.75) is 0 Å². The average molecular weight is 324 g/mol. The molecule has 0 saturated heterocycles. The summed E-state index contributed by atoms with van der Waals surface area (Å²) in [4.78, 5) is 3.93. The first kappa shape index (κ1) is 16.5. The first-order chi connectivity index (χ1) is 10.3. The molecule has 1 aromatic heterocycles. The molecule has 9 heteroatoms. The molecule has 0 aliphatic heterocycles. The third kappa shape index (κ3) is 2.61. The molecule has 0 unspecified atom stereocenters. The average Bonchev–Trinajstić information content (AvgIpc) is 2.91. The predicted octanol–water partition coefficient (Wildman–Crippen LogP) is 0.800. The molecule has 2 rings (SSSR count). The van der Waals surface area contributed by atoms with Crippen molar-refractivity contribution in [1.82, 2.24) is 24.1 Å². The number of methoxy groups -OCH3 is 1. The summed E-state index contributed by atoms with van der Waals surface area (Å²) in [5.41, 5.74) is 6.44. The fourth-order valence-corrected chi connectivity index (χ4v) is 4.57. The van der Waals surface area contributed by atoms with Crippen molar-refractivity contribution in [2.24, 2.45) is 0 Å². The Bertz CT molecular complexity index is 700. The Balaban J connectivity index is 2.77. The van der Waals surface area contributed by atoms with Gasteiger partial charge in [-0.1, -0.05) is 0 Å². The SMILES string of the molecule is COc1ccc(P(=O)(N(C)C)N(C)C)c(-n2ncnc2N)c1. The van der Waals surface area contributed by atoms with Crippen LogP contribution in [0, 0.1) is 0 Å². The minimum Gasteiger partial charge on any atom is -0.497 e. The van der Waals surface area contributed by atoms with Gasteiger partial charge in [0.15, 0.2) is 0 Å². The molecule has 2 N–H and O–H groups in total. The van der Waals surface area contributed by atoms with Crippen molar-refractivity contribution < 1.29 is 9.30 Å². The second-order valence-electron chi connectivity index (χ2n) is 5.12. The van der Waals surface area contributed by atoms with E-state index in [1.165, 1.54) is 11.0 Å². The highest BCUT2D eigenvalue weighted by atomic mass is 31.2. The molecule has 0 bridgehead atoms. The largest absolute Gasteiger partial charge is 0.497 e. The summed E-state index contributed by atoms with van der Waals surface area (Å²) >= 11 is 0. The fourth-order valence-electron chi connectivity index (χ4n) is 2.27. The predicted molar refractivity (Wildman–Crippen MR) is 86.9 cm³/mol. The zero-order chi connectivity index (χ0) is 16.5. The van der Waals surface area contributed by atoms with Gasteiger partial charge in [-0.15, -0.1) is 0 Å². The van der Waals surface area contributed by atoms with E-state index in [2.05, 4.69) is 10.1 Å². The minimum absolute atomic E-state index is 0.221. The third-order valence-electron chi connectivity index (χ3n) is 3.38. The Morgan fingerprint density at radius 1 is 1.23 bits per heavy atom. The van der Waals surface area contributed by atoms with Gasteiger partial charge in [-0.25, -0.2) is 9.34 Å². The summed E-state index contributed by atoms with van der Waals surface area (Å²) < 4.78 is 23.7. The molecular formula is C13H21N6O2P. The molecule has 0 saturated carbocycles. The Hall–Kier alpha value is -1.89. The van der Waals surface area contributed by atoms with Crippen LogP contribution in [0.15, 0.2) is 24.5 Å². The van der Waals surface area contributed by atoms with Crippen LogP contribution >= 0.6 is 7.44 Å². The maximum absolute atomic E-state index is 13.6. The van der Waals surface area contributed by atoms with Crippen molar-refractivity contribution in [3.8, 4) is 11.4 Å². The number of nitrogen functional groups attached to an aromatic ring is 1. The molecule has 0 spiro atoms. The molecule has 2 aromatic rings. The quantitative estimate of drug-likeness (QED) is 0.814. The lowest BCUT2D eigenvalue weighted by Crippen LogP contribution is -2.31. The highest BCUT2D eigenvalue weighted by Crippen LogP contribution is 2.49. The maximum atomic E-state index is 13.6. The van der Waals surface area contributed by atoms with Crippen LogP contribution in [0.5, 0.6) is 5.75 Å². The lowest BCUT2D eigenvalue weighted by atomic mass is 10.3. The molecule has 0 radical (unpaired) electrons. The van der Waals surface area contributed by atoms with Crippen molar-refractivity contribution in [1.29, 1.82) is 0 Å². The van der Waals surface area contributed by atoms with Crippen molar-refractivity contribution >= 4 is 18.7 Å². The van der Waals surface area contributed by atoms with Gasteiger partial charge in [0, 0.05) is 6.07 Å². The van der Waals surface area contributed by atoms with Crippen LogP contribution in [0.1, 0.15) is 0 Å². The lowest BCUT2D eigenvalue weighted by Gasteiger charge is -2.32. The molecule has 8 nitrogen and oxygen atoms in total. The van der Waals surface area contributed by atoms with Crippen molar-refractivity contribution in [2.75, 3.05) is 41.0 Å². The second kappa shape index (κ2) is 6.08. The van der Waals surface area contributed by atoms with Gasteiger partial charge in [-0.2, -0.15) is 14.8 Å². The summed E-state index contributed by atoms with van der Waals surface area (Å²) in [5.74, 6) is 0.844. The van der Waals surface area contributed by atoms with Gasteiger partial charge >= 0.3 is 0 Å². The van der Waals surface area contributed by atoms with Crippen LogP contribution < -0.4 is 15.8 Å². The number of nitrogens with zero attached hydrogens (tertiary/aromatic N) is 5. The fraction of sp³-hybridized carbons (Fsp3) is 0.385. The van der Waals surface area contributed by atoms with Crippen LogP contribution in [0.3, 0.4) is 0 Å². The van der Waals surface area contributed by atoms with Gasteiger partial charge in [0.05, 0.1) is 18.1 Å². The highest BCUT2D eigenvalue weighted by Gasteiger charge is 2.34. The number of anilines is 1. The van der Waals surface area contributed by atoms with Gasteiger partial charge in [0.25, 0.3) is 0 Å². The number of aromatic nitrogens is 3. The molecule has 0 fully saturated rings. The van der Waals surface area contributed by atoms with Gasteiger partial charge in [0.2, 0.25) is 13.4 Å². The number of rotatable bonds is 5. The Morgan fingerprint density at radius 2 is 1.86 bits per heavy atom. The summed E-state index contributed by atoms with van der Waals surface area (Å²) in [6.07, 6.45) is 1.36. The molecule has 1 heterocycles. The topological polar surface area (TPSA) is 89.5 Å². The molecule has 0 aliphatic rings. The molecule has 0 amide bonds. The highest BCUT2D eigenvalue weighted by molar-refractivity contribution is 7.67. The second-order valence-corrected chi connectivity index (χ2v) is 8.29. The smallest absolute Gasteiger partial charge is 0.246 e. The zero-order valence-corrected chi connectivity index (χ0v) is 14.3. The van der Waals surface area contributed by atoms with Gasteiger partial charge in [-0.3, -0.25) is 4.57 Å². The first-order valence-corrected chi connectivity index (χ1v) is 8.23. The van der Waals surface area contributed by atoms with E-state index in [0.717, 1.165) is 0 Å². The molecular weight excluding hydrogens is 303 g/mol. The normalized spacial score (nSPS) is 12.1. The van der Waals surface area contributed by atoms with Gasteiger partial charge < -0.3 is 10.5 Å². The van der Waals surface area contributed by atoms with Crippen molar-refractivity contribution in [3.63, 3.8) is 0 Å². The van der Waals surface area contributed by atoms with E-state index >= 15 is 0 Å². The van der Waals surface area contributed by atoms with Crippen LogP contribution in [-0.2, 0) is 4.57 Å². The van der Waals surface area contributed by atoms with Crippen LogP contribution in [0.25, 0.3) is 5.69 Å². The van der Waals surface area contributed by atoms with E-state index < -0.39 is 7.44 Å². The zero-order valence-electron chi connectivity index (χ0n) is 13.4. The standard InChI is InChI=1S/C13H21N6O2P/c1-17(2)22(20,18(3)4)12-7-6-10(21-5)8-11(12)19-13(14)15-9-16-19/h6-9H,1-5H3,(H2,14,15,16). The molecule has 22 heavy (non-hydrogen) atoms.